The van der Waals surface area contributed by atoms with Gasteiger partial charge in [0.25, 0.3) is 0 Å². The Morgan fingerprint density at radius 1 is 1.24 bits per heavy atom. The van der Waals surface area contributed by atoms with Crippen LogP contribution in [-0.2, 0) is 7.05 Å². The zero-order chi connectivity index (χ0) is 18.1. The smallest absolute Gasteiger partial charge is 0.190 e. The molecule has 0 saturated heterocycles. The van der Waals surface area contributed by atoms with Crippen LogP contribution in [0.5, 0.6) is 0 Å². The Morgan fingerprint density at radius 2 is 2.00 bits per heavy atom. The minimum absolute atomic E-state index is 0.0801. The number of hydrogen-bond acceptors (Lipinski definition) is 2. The van der Waals surface area contributed by atoms with Crippen LogP contribution in [0.4, 0.5) is 5.69 Å². The van der Waals surface area contributed by atoms with Gasteiger partial charge in [0.1, 0.15) is 5.82 Å². The van der Waals surface area contributed by atoms with Crippen molar-refractivity contribution in [2.24, 2.45) is 12.0 Å². The monoisotopic (exact) mass is 394 g/mol. The summed E-state index contributed by atoms with van der Waals surface area (Å²) in [6.07, 6.45) is 0. The molecule has 1 heterocycles. The summed E-state index contributed by atoms with van der Waals surface area (Å²) in [5.41, 5.74) is 4.54. The molecule has 4 nitrogen and oxygen atoms in total. The van der Waals surface area contributed by atoms with Crippen LogP contribution in [0.1, 0.15) is 29.9 Å². The molecule has 0 amide bonds. The fraction of sp³-hybridized carbons (Fsp3) is 0.250. The molecule has 0 radical (unpaired) electrons. The van der Waals surface area contributed by atoms with E-state index in [0.29, 0.717) is 5.69 Å². The molecule has 0 fully saturated rings. The van der Waals surface area contributed by atoms with Crippen molar-refractivity contribution in [2.75, 3.05) is 0 Å². The molecule has 0 aliphatic heterocycles. The molecule has 0 spiro atoms. The van der Waals surface area contributed by atoms with Gasteiger partial charge in [-0.15, -0.1) is 0 Å². The van der Waals surface area contributed by atoms with E-state index in [1.54, 1.807) is 0 Å². The van der Waals surface area contributed by atoms with E-state index in [0.717, 1.165) is 37.8 Å². The largest absolute Gasteiger partial charge is 0.332 e. The second-order valence-corrected chi connectivity index (χ2v) is 7.03. The fourth-order valence-corrected chi connectivity index (χ4v) is 3.37. The number of nitrogens with zero attached hydrogens (tertiary/aromatic N) is 4. The number of benzene rings is 2. The van der Waals surface area contributed by atoms with Crippen molar-refractivity contribution in [1.29, 1.82) is 0 Å². The van der Waals surface area contributed by atoms with Gasteiger partial charge in [-0.3, -0.25) is 4.99 Å². The van der Waals surface area contributed by atoms with Crippen molar-refractivity contribution in [3.05, 3.63) is 74.7 Å². The molecule has 0 unspecified atom stereocenters. The maximum absolute atomic E-state index is 7.30. The first kappa shape index (κ1) is 17.4. The Hall–Kier alpha value is -2.45. The molecular weight excluding hydrogens is 376 g/mol. The first-order valence-corrected chi connectivity index (χ1v) is 8.85. The van der Waals surface area contributed by atoms with E-state index < -0.39 is 0 Å². The van der Waals surface area contributed by atoms with E-state index in [2.05, 4.69) is 37.5 Å². The predicted molar refractivity (Wildman–Crippen MR) is 105 cm³/mol. The Kier molecular flexibility index (Phi) is 4.73. The van der Waals surface area contributed by atoms with Crippen molar-refractivity contribution < 1.29 is 0 Å². The van der Waals surface area contributed by atoms with Gasteiger partial charge < -0.3 is 4.57 Å². The van der Waals surface area contributed by atoms with Crippen LogP contribution < -0.4 is 5.49 Å². The third-order valence-corrected chi connectivity index (χ3v) is 5.04. The molecule has 3 aromatic rings. The number of aryl methyl sites for hydroxylation is 2. The average Bonchev–Trinajstić information content (AvgIpc) is 2.59. The highest BCUT2D eigenvalue weighted by atomic mass is 79.9. The third kappa shape index (κ3) is 3.22. The normalized spacial score (nSPS) is 13.0. The van der Waals surface area contributed by atoms with Gasteiger partial charge in [-0.25, -0.2) is 9.83 Å². The lowest BCUT2D eigenvalue weighted by Crippen LogP contribution is -2.17. The van der Waals surface area contributed by atoms with Gasteiger partial charge in [-0.1, -0.05) is 34.1 Å². The summed E-state index contributed by atoms with van der Waals surface area (Å²) >= 11 is 3.54. The standard InChI is InChI=1S/C20H19BrN4/c1-12-16(7-6-8-18(12)22-4)13(2)23-20-17-11-15(21)9-10-19(17)25(5)14(3)24-20/h6-11,13H,1-3,5H3/t13-/m1/s1. The van der Waals surface area contributed by atoms with Crippen LogP contribution in [0.25, 0.3) is 15.7 Å². The van der Waals surface area contributed by atoms with Crippen LogP contribution in [0.3, 0.4) is 0 Å². The molecule has 126 valence electrons. The first-order valence-electron chi connectivity index (χ1n) is 8.06. The van der Waals surface area contributed by atoms with Crippen LogP contribution in [0.15, 0.2) is 45.9 Å². The summed E-state index contributed by atoms with van der Waals surface area (Å²) in [6, 6.07) is 11.9. The summed E-state index contributed by atoms with van der Waals surface area (Å²) < 4.78 is 3.07. The summed E-state index contributed by atoms with van der Waals surface area (Å²) in [5.74, 6) is 0.910. The number of rotatable bonds is 2. The van der Waals surface area contributed by atoms with Gasteiger partial charge >= 0.3 is 0 Å². The number of hydrogen-bond donors (Lipinski definition) is 0. The Labute approximate surface area is 155 Å². The topological polar surface area (TPSA) is 34.5 Å². The lowest BCUT2D eigenvalue weighted by atomic mass is 10.0. The van der Waals surface area contributed by atoms with E-state index >= 15 is 0 Å². The second kappa shape index (κ2) is 6.81. The minimum Gasteiger partial charge on any atom is -0.332 e. The number of aromatic nitrogens is 2. The highest BCUT2D eigenvalue weighted by molar-refractivity contribution is 9.10. The first-order chi connectivity index (χ1) is 11.9. The highest BCUT2D eigenvalue weighted by Gasteiger charge is 2.11. The molecular formula is C20H19BrN4. The van der Waals surface area contributed by atoms with E-state index in [1.165, 1.54) is 0 Å². The quantitative estimate of drug-likeness (QED) is 0.552. The van der Waals surface area contributed by atoms with Crippen molar-refractivity contribution in [3.63, 3.8) is 0 Å². The van der Waals surface area contributed by atoms with Crippen molar-refractivity contribution >= 4 is 32.5 Å². The molecule has 3 rings (SSSR count). The maximum Gasteiger partial charge on any atom is 0.190 e. The van der Waals surface area contributed by atoms with Crippen LogP contribution in [0.2, 0.25) is 0 Å². The van der Waals surface area contributed by atoms with Crippen molar-refractivity contribution in [3.8, 4) is 0 Å². The SMILES string of the molecule is [C-]#[N+]c1cccc([C@@H](C)N=c2nc(C)n(C)c3ccc(Br)cc23)c1C. The van der Waals surface area contributed by atoms with Gasteiger partial charge in [0.05, 0.1) is 18.1 Å². The van der Waals surface area contributed by atoms with E-state index in [-0.39, 0.29) is 6.04 Å². The lowest BCUT2D eigenvalue weighted by Gasteiger charge is -2.13. The maximum atomic E-state index is 7.30. The molecule has 1 aromatic heterocycles. The molecule has 0 N–H and O–H groups in total. The van der Waals surface area contributed by atoms with E-state index in [4.69, 9.17) is 16.5 Å². The predicted octanol–water partition coefficient (Wildman–Crippen LogP) is 5.17. The summed E-state index contributed by atoms with van der Waals surface area (Å²) in [4.78, 5) is 13.2. The van der Waals surface area contributed by atoms with Crippen LogP contribution >= 0.6 is 15.9 Å². The molecule has 0 bridgehead atoms. The molecule has 0 saturated carbocycles. The number of halogens is 1. The van der Waals surface area contributed by atoms with Crippen LogP contribution in [0, 0.1) is 20.4 Å². The van der Waals surface area contributed by atoms with Gasteiger partial charge in [0.15, 0.2) is 11.2 Å². The van der Waals surface area contributed by atoms with Crippen LogP contribution in [-0.4, -0.2) is 9.55 Å². The Bertz CT molecular complexity index is 1070. The van der Waals surface area contributed by atoms with Gasteiger partial charge in [0, 0.05) is 16.9 Å². The molecule has 1 atom stereocenters. The molecule has 0 aliphatic carbocycles. The number of fused-ring (bicyclic) bond motifs is 1. The minimum atomic E-state index is -0.0801. The van der Waals surface area contributed by atoms with Crippen molar-refractivity contribution in [2.45, 2.75) is 26.8 Å². The molecule has 25 heavy (non-hydrogen) atoms. The lowest BCUT2D eigenvalue weighted by molar-refractivity contribution is 0.755. The Balaban J connectivity index is 2.24. The zero-order valence-corrected chi connectivity index (χ0v) is 16.3. The van der Waals surface area contributed by atoms with Crippen molar-refractivity contribution in [1.82, 2.24) is 9.55 Å². The zero-order valence-electron chi connectivity index (χ0n) is 14.7. The van der Waals surface area contributed by atoms with Gasteiger partial charge in [-0.2, -0.15) is 0 Å². The fourth-order valence-electron chi connectivity index (χ4n) is 3.01. The highest BCUT2D eigenvalue weighted by Crippen LogP contribution is 2.28. The molecule has 2 aromatic carbocycles. The van der Waals surface area contributed by atoms with E-state index in [9.17, 15) is 0 Å². The summed E-state index contributed by atoms with van der Waals surface area (Å²) in [6.45, 7) is 13.3. The summed E-state index contributed by atoms with van der Waals surface area (Å²) in [5, 5.41) is 1.01. The van der Waals surface area contributed by atoms with E-state index in [1.807, 2.05) is 52.1 Å². The van der Waals surface area contributed by atoms with Gasteiger partial charge in [0.2, 0.25) is 0 Å². The molecule has 0 aliphatic rings. The Morgan fingerprint density at radius 3 is 2.72 bits per heavy atom. The molecule has 5 heteroatoms. The third-order valence-electron chi connectivity index (χ3n) is 4.55. The second-order valence-electron chi connectivity index (χ2n) is 6.11. The average molecular weight is 395 g/mol. The van der Waals surface area contributed by atoms with Gasteiger partial charge in [-0.05, 0) is 50.1 Å². The summed E-state index contributed by atoms with van der Waals surface area (Å²) in [7, 11) is 2.01.